The maximum Gasteiger partial charge on any atom is 0.0482 e. The van der Waals surface area contributed by atoms with Crippen molar-refractivity contribution in [3.8, 4) is 11.1 Å². The maximum atomic E-state index is 2.43. The quantitative estimate of drug-likeness (QED) is 0.136. The first-order valence-electron chi connectivity index (χ1n) is 21.9. The lowest BCUT2D eigenvalue weighted by molar-refractivity contribution is 1.25. The summed E-state index contributed by atoms with van der Waals surface area (Å²) in [6, 6.07) is 90.0. The summed E-state index contributed by atoms with van der Waals surface area (Å²) in [6.07, 6.45) is 0. The minimum absolute atomic E-state index is 1.08. The number of para-hydroxylation sites is 4. The van der Waals surface area contributed by atoms with Crippen molar-refractivity contribution in [2.75, 3.05) is 14.7 Å². The van der Waals surface area contributed by atoms with E-state index in [9.17, 15) is 0 Å². The minimum atomic E-state index is 1.08. The van der Waals surface area contributed by atoms with Crippen LogP contribution in [0.2, 0.25) is 0 Å². The van der Waals surface area contributed by atoms with Crippen LogP contribution in [0.15, 0.2) is 249 Å². The highest BCUT2D eigenvalue weighted by atomic mass is 32.1. The molecule has 0 aliphatic heterocycles. The molecule has 0 saturated carbocycles. The lowest BCUT2D eigenvalue weighted by Crippen LogP contribution is -2.13. The Morgan fingerprint density at radius 1 is 0.200 bits per heavy atom. The third kappa shape index (κ3) is 7.27. The van der Waals surface area contributed by atoms with Gasteiger partial charge in [0.25, 0.3) is 0 Å². The molecule has 0 atom stereocenters. The number of hydrogen-bond donors (Lipinski definition) is 0. The van der Waals surface area contributed by atoms with Gasteiger partial charge < -0.3 is 14.7 Å². The van der Waals surface area contributed by atoms with Crippen LogP contribution >= 0.6 is 22.7 Å². The zero-order valence-corrected chi connectivity index (χ0v) is 37.0. The van der Waals surface area contributed by atoms with Gasteiger partial charge in [0.1, 0.15) is 0 Å². The number of rotatable bonds is 10. The molecule has 0 aliphatic carbocycles. The number of anilines is 9. The molecular formula is C60H41N3S2. The van der Waals surface area contributed by atoms with Crippen molar-refractivity contribution >= 4 is 114 Å². The van der Waals surface area contributed by atoms with Crippen molar-refractivity contribution in [2.45, 2.75) is 0 Å². The molecule has 2 heterocycles. The normalized spacial score (nSPS) is 11.4. The van der Waals surface area contributed by atoms with Crippen LogP contribution in [0.4, 0.5) is 51.2 Å². The third-order valence-electron chi connectivity index (χ3n) is 12.2. The lowest BCUT2D eigenvalue weighted by Gasteiger charge is -2.29. The Labute approximate surface area is 386 Å². The number of fused-ring (bicyclic) bond motifs is 6. The number of benzene rings is 10. The predicted molar refractivity (Wildman–Crippen MR) is 282 cm³/mol. The van der Waals surface area contributed by atoms with Crippen LogP contribution in [-0.4, -0.2) is 0 Å². The lowest BCUT2D eigenvalue weighted by atomic mass is 10.0. The molecule has 5 heteroatoms. The zero-order valence-electron chi connectivity index (χ0n) is 35.3. The van der Waals surface area contributed by atoms with Crippen LogP contribution in [0.1, 0.15) is 0 Å². The van der Waals surface area contributed by atoms with Gasteiger partial charge in [0.2, 0.25) is 0 Å². The average molecular weight is 868 g/mol. The molecule has 0 spiro atoms. The summed E-state index contributed by atoms with van der Waals surface area (Å²) in [5.74, 6) is 0. The molecule has 0 fully saturated rings. The molecule has 0 saturated heterocycles. The molecule has 12 rings (SSSR count). The van der Waals surface area contributed by atoms with Gasteiger partial charge in [0, 0.05) is 91.5 Å². The molecule has 0 aliphatic rings. The van der Waals surface area contributed by atoms with Gasteiger partial charge in [0.15, 0.2) is 0 Å². The highest BCUT2D eigenvalue weighted by Gasteiger charge is 2.20. The van der Waals surface area contributed by atoms with Gasteiger partial charge in [0.05, 0.1) is 0 Å². The van der Waals surface area contributed by atoms with E-state index >= 15 is 0 Å². The fourth-order valence-corrected chi connectivity index (χ4v) is 11.4. The summed E-state index contributed by atoms with van der Waals surface area (Å²) in [6.45, 7) is 0. The molecule has 0 radical (unpaired) electrons. The summed E-state index contributed by atoms with van der Waals surface area (Å²) >= 11 is 3.71. The summed E-state index contributed by atoms with van der Waals surface area (Å²) in [5, 5.41) is 5.09. The summed E-state index contributed by atoms with van der Waals surface area (Å²) in [5.41, 5.74) is 12.4. The average Bonchev–Trinajstić information content (AvgIpc) is 3.93. The smallest absolute Gasteiger partial charge is 0.0482 e. The summed E-state index contributed by atoms with van der Waals surface area (Å²) < 4.78 is 5.11. The fraction of sp³-hybridized carbons (Fsp3) is 0. The van der Waals surface area contributed by atoms with E-state index in [1.807, 2.05) is 22.7 Å². The molecule has 0 amide bonds. The van der Waals surface area contributed by atoms with Crippen LogP contribution in [0.5, 0.6) is 0 Å². The van der Waals surface area contributed by atoms with Crippen molar-refractivity contribution in [1.82, 2.24) is 0 Å². The topological polar surface area (TPSA) is 9.72 Å². The Kier molecular flexibility index (Phi) is 9.90. The first-order chi connectivity index (χ1) is 32.2. The standard InChI is InChI=1S/C60H41N3S2/c1-5-18-44(19-6-1)61(45-20-7-2-8-21-45)48-26-15-17-42(37-48)43-31-35-58-55(38-43)54-34-32-52(41-60(54)65-58)63(51-33-36-59-56(40-51)53-29-13-14-30-57(53)64-59)50-28-16-27-49(39-50)62(46-22-9-3-10-23-46)47-24-11-4-12-25-47/h1-41H. The second-order valence-corrected chi connectivity index (χ2v) is 18.4. The second-order valence-electron chi connectivity index (χ2n) is 16.2. The van der Waals surface area contributed by atoms with E-state index in [1.165, 1.54) is 51.5 Å². The molecular weight excluding hydrogens is 827 g/mol. The Morgan fingerprint density at radius 2 is 0.585 bits per heavy atom. The van der Waals surface area contributed by atoms with E-state index in [4.69, 9.17) is 0 Å². The first kappa shape index (κ1) is 38.7. The second kappa shape index (κ2) is 16.6. The summed E-state index contributed by atoms with van der Waals surface area (Å²) in [7, 11) is 0. The number of hydrogen-bond acceptors (Lipinski definition) is 5. The molecule has 0 N–H and O–H groups in total. The van der Waals surface area contributed by atoms with E-state index in [2.05, 4.69) is 263 Å². The molecule has 0 bridgehead atoms. The SMILES string of the molecule is c1ccc(N(c2ccccc2)c2cccc(-c3ccc4sc5cc(N(c6cccc(N(c7ccccc7)c7ccccc7)c6)c6ccc7sc8ccccc8c7c6)ccc5c4c3)c2)cc1. The zero-order chi connectivity index (χ0) is 43.1. The van der Waals surface area contributed by atoms with Gasteiger partial charge in [-0.05, 0) is 139 Å². The molecule has 12 aromatic rings. The molecule has 308 valence electrons. The maximum absolute atomic E-state index is 2.43. The van der Waals surface area contributed by atoms with E-state index < -0.39 is 0 Å². The van der Waals surface area contributed by atoms with Crippen molar-refractivity contribution in [1.29, 1.82) is 0 Å². The summed E-state index contributed by atoms with van der Waals surface area (Å²) in [4.78, 5) is 7.08. The highest BCUT2D eigenvalue weighted by molar-refractivity contribution is 7.26. The van der Waals surface area contributed by atoms with Crippen LogP contribution in [0, 0.1) is 0 Å². The minimum Gasteiger partial charge on any atom is -0.310 e. The molecule has 2 aromatic heterocycles. The Bertz CT molecular complexity index is 3540. The van der Waals surface area contributed by atoms with Crippen molar-refractivity contribution in [3.63, 3.8) is 0 Å². The van der Waals surface area contributed by atoms with Gasteiger partial charge in [-0.1, -0.05) is 121 Å². The molecule has 3 nitrogen and oxygen atoms in total. The van der Waals surface area contributed by atoms with Gasteiger partial charge in [-0.2, -0.15) is 0 Å². The Hall–Kier alpha value is -7.96. The predicted octanol–water partition coefficient (Wildman–Crippen LogP) is 18.5. The van der Waals surface area contributed by atoms with Crippen molar-refractivity contribution in [3.05, 3.63) is 249 Å². The van der Waals surface area contributed by atoms with Gasteiger partial charge in [-0.25, -0.2) is 0 Å². The van der Waals surface area contributed by atoms with E-state index in [0.29, 0.717) is 0 Å². The largest absolute Gasteiger partial charge is 0.310 e. The van der Waals surface area contributed by atoms with Crippen LogP contribution in [0.3, 0.4) is 0 Å². The van der Waals surface area contributed by atoms with Gasteiger partial charge in [-0.3, -0.25) is 0 Å². The van der Waals surface area contributed by atoms with Crippen LogP contribution in [0.25, 0.3) is 51.5 Å². The molecule has 10 aromatic carbocycles. The van der Waals surface area contributed by atoms with Crippen molar-refractivity contribution in [2.24, 2.45) is 0 Å². The van der Waals surface area contributed by atoms with Gasteiger partial charge in [-0.15, -0.1) is 22.7 Å². The molecule has 65 heavy (non-hydrogen) atoms. The Morgan fingerprint density at radius 3 is 1.20 bits per heavy atom. The van der Waals surface area contributed by atoms with E-state index in [-0.39, 0.29) is 0 Å². The highest BCUT2D eigenvalue weighted by Crippen LogP contribution is 2.46. The van der Waals surface area contributed by atoms with Crippen molar-refractivity contribution < 1.29 is 0 Å². The fourth-order valence-electron chi connectivity index (χ4n) is 9.18. The van der Waals surface area contributed by atoms with E-state index in [1.54, 1.807) is 0 Å². The van der Waals surface area contributed by atoms with Crippen LogP contribution < -0.4 is 14.7 Å². The first-order valence-corrected chi connectivity index (χ1v) is 23.5. The Balaban J connectivity index is 0.973. The van der Waals surface area contributed by atoms with E-state index in [0.717, 1.165) is 51.2 Å². The number of thiophene rings is 2. The monoisotopic (exact) mass is 867 g/mol. The third-order valence-corrected chi connectivity index (χ3v) is 14.5. The molecule has 0 unspecified atom stereocenters. The van der Waals surface area contributed by atoms with Gasteiger partial charge >= 0.3 is 0 Å². The number of nitrogens with zero attached hydrogens (tertiary/aromatic N) is 3. The van der Waals surface area contributed by atoms with Crippen LogP contribution in [-0.2, 0) is 0 Å².